The van der Waals surface area contributed by atoms with E-state index in [4.69, 9.17) is 5.26 Å². The number of carboxylic acid groups (broad SMARTS) is 1. The van der Waals surface area contributed by atoms with Gasteiger partial charge in [-0.25, -0.2) is 4.79 Å². The fraction of sp³-hybridized carbons (Fsp3) is 0.542. The molecule has 2 aliphatic carbocycles. The van der Waals surface area contributed by atoms with Gasteiger partial charge >= 0.3 is 5.97 Å². The number of carbonyl (C=O) groups is 1. The number of benzene rings is 1. The molecule has 0 radical (unpaired) electrons. The molecule has 1 aromatic carbocycles. The normalized spacial score (nSPS) is 21.9. The fourth-order valence-electron chi connectivity index (χ4n) is 5.41. The van der Waals surface area contributed by atoms with Gasteiger partial charge in [0.1, 0.15) is 5.56 Å². The van der Waals surface area contributed by atoms with E-state index in [1.165, 1.54) is 12.8 Å². The first-order valence-electron chi connectivity index (χ1n) is 11.2. The van der Waals surface area contributed by atoms with Gasteiger partial charge in [-0.15, -0.1) is 0 Å². The van der Waals surface area contributed by atoms with Crippen LogP contribution in [0.2, 0.25) is 0 Å². The van der Waals surface area contributed by atoms with Gasteiger partial charge in [-0.3, -0.25) is 4.79 Å². The summed E-state index contributed by atoms with van der Waals surface area (Å²) in [6, 6.07) is 6.30. The van der Waals surface area contributed by atoms with Gasteiger partial charge in [0.05, 0.1) is 11.6 Å². The van der Waals surface area contributed by atoms with E-state index in [1.807, 2.05) is 16.7 Å². The molecule has 5 rings (SSSR count). The lowest BCUT2D eigenvalue weighted by Gasteiger charge is -2.27. The molecule has 162 valence electrons. The van der Waals surface area contributed by atoms with Crippen LogP contribution in [0.5, 0.6) is 0 Å². The van der Waals surface area contributed by atoms with Crippen LogP contribution < -0.4 is 15.6 Å². The first-order valence-corrected chi connectivity index (χ1v) is 11.2. The summed E-state index contributed by atoms with van der Waals surface area (Å²) in [7, 11) is 0. The summed E-state index contributed by atoms with van der Waals surface area (Å²) in [6.45, 7) is 4.75. The number of carboxylic acids is 1. The zero-order chi connectivity index (χ0) is 21.8. The highest BCUT2D eigenvalue weighted by atomic mass is 16.4. The number of hydrogen-bond donors (Lipinski definition) is 2. The molecule has 31 heavy (non-hydrogen) atoms. The molecule has 1 atom stereocenters. The first kappa shape index (κ1) is 20.1. The number of rotatable bonds is 7. The molecule has 7 heteroatoms. The van der Waals surface area contributed by atoms with Crippen molar-refractivity contribution >= 4 is 22.6 Å². The Morgan fingerprint density at radius 2 is 2.10 bits per heavy atom. The summed E-state index contributed by atoms with van der Waals surface area (Å²) in [5, 5.41) is 22.5. The van der Waals surface area contributed by atoms with Crippen LogP contribution in [-0.4, -0.2) is 40.8 Å². The van der Waals surface area contributed by atoms with Crippen LogP contribution in [0.4, 0.5) is 5.69 Å². The van der Waals surface area contributed by atoms with Crippen molar-refractivity contribution in [2.45, 2.75) is 57.0 Å². The second-order valence-corrected chi connectivity index (χ2v) is 9.34. The van der Waals surface area contributed by atoms with Gasteiger partial charge in [-0.2, -0.15) is 5.26 Å². The van der Waals surface area contributed by atoms with Crippen molar-refractivity contribution in [3.05, 3.63) is 39.7 Å². The Balaban J connectivity index is 1.48. The number of aromatic nitrogens is 1. The highest BCUT2D eigenvalue weighted by Gasteiger charge is 2.50. The van der Waals surface area contributed by atoms with Crippen LogP contribution in [0.25, 0.3) is 10.9 Å². The smallest absolute Gasteiger partial charge is 0.341 e. The molecule has 3 aliphatic rings. The highest BCUT2D eigenvalue weighted by Crippen LogP contribution is 2.47. The second kappa shape index (κ2) is 7.38. The molecule has 1 unspecified atom stereocenters. The van der Waals surface area contributed by atoms with E-state index in [9.17, 15) is 14.7 Å². The molecule has 2 saturated carbocycles. The van der Waals surface area contributed by atoms with Crippen molar-refractivity contribution in [3.8, 4) is 6.07 Å². The maximum absolute atomic E-state index is 12.8. The quantitative estimate of drug-likeness (QED) is 0.668. The maximum atomic E-state index is 12.8. The monoisotopic (exact) mass is 420 g/mol. The Kier molecular flexibility index (Phi) is 4.78. The van der Waals surface area contributed by atoms with E-state index in [0.29, 0.717) is 17.7 Å². The topological polar surface area (TPSA) is 98.4 Å². The van der Waals surface area contributed by atoms with Crippen LogP contribution in [0, 0.1) is 24.2 Å². The number of anilines is 1. The summed E-state index contributed by atoms with van der Waals surface area (Å²) in [4.78, 5) is 26.8. The average Bonchev–Trinajstić information content (AvgIpc) is 3.68. The number of nitrogens with one attached hydrogen (secondary N) is 1. The lowest BCUT2D eigenvalue weighted by molar-refractivity contribution is 0.0695. The SMILES string of the molecule is Cc1c(N2CCC(C3(NCCC#N)CC3)C2)ccc2c(=O)c(C(=O)O)cn(C3CC3)c12. The van der Waals surface area contributed by atoms with Crippen LogP contribution in [0.3, 0.4) is 0 Å². The molecule has 1 saturated heterocycles. The zero-order valence-corrected chi connectivity index (χ0v) is 17.9. The number of nitrogens with zero attached hydrogens (tertiary/aromatic N) is 3. The van der Waals surface area contributed by atoms with E-state index in [0.717, 1.165) is 55.7 Å². The van der Waals surface area contributed by atoms with E-state index in [2.05, 4.69) is 23.2 Å². The minimum Gasteiger partial charge on any atom is -0.477 e. The molecule has 2 heterocycles. The molecule has 0 amide bonds. The molecule has 0 spiro atoms. The molecule has 2 N–H and O–H groups in total. The predicted molar refractivity (Wildman–Crippen MR) is 119 cm³/mol. The van der Waals surface area contributed by atoms with Crippen LogP contribution in [0.1, 0.15) is 60.5 Å². The van der Waals surface area contributed by atoms with Gasteiger partial charge < -0.3 is 19.9 Å². The standard InChI is InChI=1S/C24H28N4O3/c1-15-20(27-12-7-16(13-27)24(8-9-24)26-11-2-10-25)6-5-18-21(15)28(17-3-4-17)14-19(22(18)29)23(30)31/h5-6,14,16-17,26H,2-4,7-9,11-13H2,1H3,(H,30,31). The van der Waals surface area contributed by atoms with Crippen molar-refractivity contribution in [2.75, 3.05) is 24.5 Å². The van der Waals surface area contributed by atoms with Gasteiger partial charge in [0, 0.05) is 54.9 Å². The molecule has 1 aromatic heterocycles. The van der Waals surface area contributed by atoms with Crippen molar-refractivity contribution in [1.82, 2.24) is 9.88 Å². The fourth-order valence-corrected chi connectivity index (χ4v) is 5.41. The Morgan fingerprint density at radius 1 is 1.32 bits per heavy atom. The van der Waals surface area contributed by atoms with Crippen molar-refractivity contribution in [2.24, 2.45) is 5.92 Å². The van der Waals surface area contributed by atoms with Gasteiger partial charge in [-0.1, -0.05) is 0 Å². The number of pyridine rings is 1. The molecule has 2 aromatic rings. The molecular weight excluding hydrogens is 392 g/mol. The van der Waals surface area contributed by atoms with Gasteiger partial charge in [0.25, 0.3) is 0 Å². The van der Waals surface area contributed by atoms with E-state index in [1.54, 1.807) is 6.20 Å². The summed E-state index contributed by atoms with van der Waals surface area (Å²) in [5.41, 5.74) is 2.72. The van der Waals surface area contributed by atoms with Crippen LogP contribution >= 0.6 is 0 Å². The number of aryl methyl sites for hydroxylation is 1. The number of aromatic carboxylic acids is 1. The third kappa shape index (κ3) is 3.39. The van der Waals surface area contributed by atoms with E-state index < -0.39 is 11.4 Å². The molecule has 3 fully saturated rings. The lowest BCUT2D eigenvalue weighted by atomic mass is 9.96. The van der Waals surface area contributed by atoms with Crippen LogP contribution in [0.15, 0.2) is 23.1 Å². The summed E-state index contributed by atoms with van der Waals surface area (Å²) in [6.07, 6.45) is 7.59. The number of hydrogen-bond acceptors (Lipinski definition) is 5. The maximum Gasteiger partial charge on any atom is 0.341 e. The zero-order valence-electron chi connectivity index (χ0n) is 17.9. The number of fused-ring (bicyclic) bond motifs is 1. The Morgan fingerprint density at radius 3 is 2.74 bits per heavy atom. The summed E-state index contributed by atoms with van der Waals surface area (Å²) in [5.74, 6) is -0.606. The third-order valence-corrected chi connectivity index (χ3v) is 7.40. The minimum absolute atomic E-state index is 0.146. The summed E-state index contributed by atoms with van der Waals surface area (Å²) >= 11 is 0. The van der Waals surface area contributed by atoms with E-state index >= 15 is 0 Å². The lowest BCUT2D eigenvalue weighted by Crippen LogP contribution is -2.40. The molecule has 1 aliphatic heterocycles. The molecule has 0 bridgehead atoms. The van der Waals surface area contributed by atoms with Gasteiger partial charge in [-0.05, 0) is 62.6 Å². The molecule has 7 nitrogen and oxygen atoms in total. The number of nitriles is 1. The van der Waals surface area contributed by atoms with Crippen LogP contribution in [-0.2, 0) is 0 Å². The molecular formula is C24H28N4O3. The first-order chi connectivity index (χ1) is 14.9. The Hall–Kier alpha value is -2.85. The van der Waals surface area contributed by atoms with Crippen molar-refractivity contribution in [1.29, 1.82) is 5.26 Å². The Labute approximate surface area is 181 Å². The second-order valence-electron chi connectivity index (χ2n) is 9.34. The van der Waals surface area contributed by atoms with E-state index in [-0.39, 0.29) is 17.1 Å². The summed E-state index contributed by atoms with van der Waals surface area (Å²) < 4.78 is 2.03. The Bertz CT molecular complexity index is 1150. The predicted octanol–water partition coefficient (Wildman–Crippen LogP) is 3.21. The van der Waals surface area contributed by atoms with Crippen molar-refractivity contribution in [3.63, 3.8) is 0 Å². The average molecular weight is 421 g/mol. The van der Waals surface area contributed by atoms with Gasteiger partial charge in [0.2, 0.25) is 5.43 Å². The third-order valence-electron chi connectivity index (χ3n) is 7.40. The van der Waals surface area contributed by atoms with Gasteiger partial charge in [0.15, 0.2) is 0 Å². The largest absolute Gasteiger partial charge is 0.477 e. The van der Waals surface area contributed by atoms with Crippen molar-refractivity contribution < 1.29 is 9.90 Å². The highest BCUT2D eigenvalue weighted by molar-refractivity contribution is 5.95. The minimum atomic E-state index is -1.16.